The Morgan fingerprint density at radius 1 is 0.385 bits per heavy atom. The van der Waals surface area contributed by atoms with Gasteiger partial charge in [0.05, 0.1) is 0 Å². The van der Waals surface area contributed by atoms with Crippen molar-refractivity contribution in [1.82, 2.24) is 15.0 Å². The predicted molar refractivity (Wildman–Crippen MR) is 212 cm³/mol. The number of benzene rings is 7. The highest BCUT2D eigenvalue weighted by atomic mass is 16.3. The molecule has 246 valence electrons. The second-order valence-electron chi connectivity index (χ2n) is 14.0. The van der Waals surface area contributed by atoms with E-state index in [4.69, 9.17) is 19.4 Å². The summed E-state index contributed by atoms with van der Waals surface area (Å²) in [5.41, 5.74) is 14.3. The molecule has 0 saturated carbocycles. The highest BCUT2D eigenvalue weighted by Crippen LogP contribution is 2.49. The van der Waals surface area contributed by atoms with Crippen LogP contribution in [0.4, 0.5) is 0 Å². The van der Waals surface area contributed by atoms with Crippen LogP contribution in [0.1, 0.15) is 25.0 Å². The Balaban J connectivity index is 1.04. The Morgan fingerprint density at radius 2 is 0.942 bits per heavy atom. The third kappa shape index (κ3) is 4.87. The molecule has 1 aliphatic carbocycles. The quantitative estimate of drug-likeness (QED) is 0.183. The van der Waals surface area contributed by atoms with E-state index in [9.17, 15) is 0 Å². The number of hydrogen-bond donors (Lipinski definition) is 0. The molecule has 2 heterocycles. The van der Waals surface area contributed by atoms with Crippen molar-refractivity contribution in [3.8, 4) is 67.5 Å². The zero-order chi connectivity index (χ0) is 34.8. The number of fused-ring (bicyclic) bond motifs is 6. The first-order valence-electron chi connectivity index (χ1n) is 17.7. The van der Waals surface area contributed by atoms with Gasteiger partial charge in [-0.15, -0.1) is 0 Å². The zero-order valence-corrected chi connectivity index (χ0v) is 28.8. The van der Waals surface area contributed by atoms with Gasteiger partial charge in [-0.25, -0.2) is 15.0 Å². The van der Waals surface area contributed by atoms with Crippen molar-refractivity contribution in [3.05, 3.63) is 175 Å². The molecule has 7 aromatic carbocycles. The van der Waals surface area contributed by atoms with E-state index in [1.165, 1.54) is 33.4 Å². The first-order chi connectivity index (χ1) is 25.5. The van der Waals surface area contributed by atoms with Crippen molar-refractivity contribution in [2.24, 2.45) is 0 Å². The van der Waals surface area contributed by atoms with Crippen LogP contribution >= 0.6 is 0 Å². The molecule has 0 N–H and O–H groups in total. The van der Waals surface area contributed by atoms with E-state index in [1.807, 2.05) is 42.5 Å². The van der Waals surface area contributed by atoms with E-state index in [0.29, 0.717) is 17.5 Å². The molecule has 0 fully saturated rings. The van der Waals surface area contributed by atoms with Gasteiger partial charge in [0.1, 0.15) is 11.2 Å². The lowest BCUT2D eigenvalue weighted by Crippen LogP contribution is -2.14. The van der Waals surface area contributed by atoms with Crippen molar-refractivity contribution in [2.45, 2.75) is 19.3 Å². The number of aromatic nitrogens is 3. The van der Waals surface area contributed by atoms with Gasteiger partial charge in [0, 0.05) is 32.9 Å². The predicted octanol–water partition coefficient (Wildman–Crippen LogP) is 12.4. The van der Waals surface area contributed by atoms with Crippen LogP contribution in [0.25, 0.3) is 89.5 Å². The van der Waals surface area contributed by atoms with Crippen molar-refractivity contribution in [3.63, 3.8) is 0 Å². The molecular weight excluding hydrogens is 635 g/mol. The Labute approximate surface area is 302 Å². The highest BCUT2D eigenvalue weighted by Gasteiger charge is 2.35. The minimum atomic E-state index is -0.0638. The van der Waals surface area contributed by atoms with Crippen LogP contribution in [0.5, 0.6) is 0 Å². The topological polar surface area (TPSA) is 51.8 Å². The van der Waals surface area contributed by atoms with Gasteiger partial charge >= 0.3 is 0 Å². The Morgan fingerprint density at radius 3 is 1.69 bits per heavy atom. The lowest BCUT2D eigenvalue weighted by atomic mass is 9.82. The molecule has 0 amide bonds. The summed E-state index contributed by atoms with van der Waals surface area (Å²) in [6.07, 6.45) is 0. The average Bonchev–Trinajstić information content (AvgIpc) is 3.70. The molecule has 0 bridgehead atoms. The molecule has 0 spiro atoms. The largest absolute Gasteiger partial charge is 0.456 e. The van der Waals surface area contributed by atoms with E-state index < -0.39 is 0 Å². The maximum atomic E-state index is 6.41. The fourth-order valence-corrected chi connectivity index (χ4v) is 7.89. The van der Waals surface area contributed by atoms with Crippen LogP contribution in [-0.2, 0) is 5.41 Å². The first kappa shape index (κ1) is 30.2. The van der Waals surface area contributed by atoms with Crippen LogP contribution < -0.4 is 0 Å². The van der Waals surface area contributed by atoms with Crippen molar-refractivity contribution in [2.75, 3.05) is 0 Å². The lowest BCUT2D eigenvalue weighted by Gasteiger charge is -2.21. The second kappa shape index (κ2) is 11.7. The van der Waals surface area contributed by atoms with Gasteiger partial charge in [-0.1, -0.05) is 153 Å². The molecule has 0 aliphatic heterocycles. The summed E-state index contributed by atoms with van der Waals surface area (Å²) in [5, 5.41) is 2.25. The summed E-state index contributed by atoms with van der Waals surface area (Å²) in [5.74, 6) is 1.94. The van der Waals surface area contributed by atoms with Crippen molar-refractivity contribution in [1.29, 1.82) is 0 Å². The Bertz CT molecular complexity index is 2800. The van der Waals surface area contributed by atoms with Crippen LogP contribution in [-0.4, -0.2) is 15.0 Å². The third-order valence-corrected chi connectivity index (χ3v) is 10.6. The van der Waals surface area contributed by atoms with Crippen molar-refractivity contribution < 1.29 is 4.42 Å². The normalized spacial score (nSPS) is 13.0. The molecule has 4 heteroatoms. The Hall–Kier alpha value is -6.65. The summed E-state index contributed by atoms with van der Waals surface area (Å²) in [4.78, 5) is 15.1. The van der Waals surface area contributed by atoms with E-state index in [0.717, 1.165) is 49.8 Å². The van der Waals surface area contributed by atoms with Gasteiger partial charge < -0.3 is 4.42 Å². The van der Waals surface area contributed by atoms with Crippen LogP contribution in [0, 0.1) is 0 Å². The van der Waals surface area contributed by atoms with Gasteiger partial charge in [-0.05, 0) is 68.8 Å². The van der Waals surface area contributed by atoms with Gasteiger partial charge in [0.15, 0.2) is 17.5 Å². The molecular formula is C48H33N3O. The fraction of sp³-hybridized carbons (Fsp3) is 0.0625. The molecule has 10 rings (SSSR count). The summed E-state index contributed by atoms with van der Waals surface area (Å²) >= 11 is 0. The van der Waals surface area contributed by atoms with E-state index in [2.05, 4.69) is 135 Å². The monoisotopic (exact) mass is 667 g/mol. The summed E-state index contributed by atoms with van der Waals surface area (Å²) in [6, 6.07) is 57.2. The van der Waals surface area contributed by atoms with Crippen LogP contribution in [0.15, 0.2) is 168 Å². The fourth-order valence-electron chi connectivity index (χ4n) is 7.89. The maximum Gasteiger partial charge on any atom is 0.164 e. The minimum absolute atomic E-state index is 0.0638. The summed E-state index contributed by atoms with van der Waals surface area (Å²) < 4.78 is 6.41. The highest BCUT2D eigenvalue weighted by molar-refractivity contribution is 6.13. The zero-order valence-electron chi connectivity index (χ0n) is 28.8. The van der Waals surface area contributed by atoms with E-state index in [1.54, 1.807) is 0 Å². The second-order valence-corrected chi connectivity index (χ2v) is 14.0. The molecule has 1 aliphatic rings. The van der Waals surface area contributed by atoms with Gasteiger partial charge in [-0.3, -0.25) is 0 Å². The van der Waals surface area contributed by atoms with Gasteiger partial charge in [0.2, 0.25) is 0 Å². The molecule has 2 aromatic heterocycles. The molecule has 4 nitrogen and oxygen atoms in total. The molecule has 9 aromatic rings. The number of rotatable bonds is 5. The number of nitrogens with zero attached hydrogens (tertiary/aromatic N) is 3. The van der Waals surface area contributed by atoms with Crippen molar-refractivity contribution >= 4 is 21.9 Å². The molecule has 0 unspecified atom stereocenters. The molecule has 52 heavy (non-hydrogen) atoms. The third-order valence-electron chi connectivity index (χ3n) is 10.6. The molecule has 0 saturated heterocycles. The summed E-state index contributed by atoms with van der Waals surface area (Å²) in [6.45, 7) is 4.60. The Kier molecular flexibility index (Phi) is 6.80. The standard InChI is InChI=1S/C48H33N3O/c1-48(2)40-18-10-9-16-37(40)39-28-35(25-27-41(39)48)47-50-45(32-14-7-4-8-15-32)49-46(51-47)33-22-20-30(21-23-33)34-24-26-38-43(29-34)52-42-19-11-17-36(44(38)42)31-12-5-3-6-13-31/h3-29H,1-2H3. The average molecular weight is 668 g/mol. The SMILES string of the molecule is CC1(C)c2ccccc2-c2cc(-c3nc(-c4ccccc4)nc(-c4ccc(-c5ccc6c(c5)oc5cccc(-c7ccccc7)c56)cc4)n3)ccc21. The first-order valence-corrected chi connectivity index (χ1v) is 17.7. The van der Waals surface area contributed by atoms with Gasteiger partial charge in [-0.2, -0.15) is 0 Å². The number of furan rings is 1. The van der Waals surface area contributed by atoms with Gasteiger partial charge in [0.25, 0.3) is 0 Å². The van der Waals surface area contributed by atoms with E-state index in [-0.39, 0.29) is 5.41 Å². The van der Waals surface area contributed by atoms with Crippen LogP contribution in [0.3, 0.4) is 0 Å². The smallest absolute Gasteiger partial charge is 0.164 e. The summed E-state index contributed by atoms with van der Waals surface area (Å²) in [7, 11) is 0. The molecule has 0 atom stereocenters. The molecule has 0 radical (unpaired) electrons. The van der Waals surface area contributed by atoms with Crippen LogP contribution in [0.2, 0.25) is 0 Å². The number of hydrogen-bond acceptors (Lipinski definition) is 4. The lowest BCUT2D eigenvalue weighted by molar-refractivity contribution is 0.660. The van der Waals surface area contributed by atoms with E-state index >= 15 is 0 Å². The minimum Gasteiger partial charge on any atom is -0.456 e. The maximum absolute atomic E-state index is 6.41.